The van der Waals surface area contributed by atoms with Crippen molar-refractivity contribution in [3.63, 3.8) is 0 Å². The van der Waals surface area contributed by atoms with Crippen LogP contribution in [-0.4, -0.2) is 40.9 Å². The number of hydrogen-bond donors (Lipinski definition) is 2. The fraction of sp³-hybridized carbons (Fsp3) is 0.350. The SMILES string of the molecule is COCCO[C@@H]1c2ccn3c(Br)c(C)nc3c2N[C@H](c2ccccc2)[C@H]1O. The molecule has 27 heavy (non-hydrogen) atoms. The first-order valence-electron chi connectivity index (χ1n) is 8.89. The Labute approximate surface area is 166 Å². The average Bonchev–Trinajstić information content (AvgIpc) is 2.98. The number of fused-ring (bicyclic) bond motifs is 3. The lowest BCUT2D eigenvalue weighted by Crippen LogP contribution is -2.38. The predicted octanol–water partition coefficient (Wildman–Crippen LogP) is 3.64. The van der Waals surface area contributed by atoms with Crippen molar-refractivity contribution in [2.45, 2.75) is 25.2 Å². The first-order chi connectivity index (χ1) is 13.1. The van der Waals surface area contributed by atoms with Crippen LogP contribution < -0.4 is 5.32 Å². The molecular weight excluding hydrogens is 410 g/mol. The van der Waals surface area contributed by atoms with Crippen LogP contribution in [0.15, 0.2) is 47.2 Å². The summed E-state index contributed by atoms with van der Waals surface area (Å²) in [5.41, 5.74) is 4.50. The van der Waals surface area contributed by atoms with Gasteiger partial charge in [-0.1, -0.05) is 30.3 Å². The normalized spacial score (nSPS) is 21.9. The molecule has 142 valence electrons. The number of aromatic nitrogens is 2. The summed E-state index contributed by atoms with van der Waals surface area (Å²) in [5.74, 6) is 0. The van der Waals surface area contributed by atoms with Crippen LogP contribution in [0.5, 0.6) is 0 Å². The third kappa shape index (κ3) is 3.25. The molecule has 0 saturated heterocycles. The highest BCUT2D eigenvalue weighted by atomic mass is 79.9. The summed E-state index contributed by atoms with van der Waals surface area (Å²) < 4.78 is 14.1. The van der Waals surface area contributed by atoms with Gasteiger partial charge in [-0.2, -0.15) is 0 Å². The first kappa shape index (κ1) is 18.4. The lowest BCUT2D eigenvalue weighted by Gasteiger charge is -2.38. The van der Waals surface area contributed by atoms with Crippen molar-refractivity contribution in [2.75, 3.05) is 25.6 Å². The lowest BCUT2D eigenvalue weighted by atomic mass is 9.89. The highest BCUT2D eigenvalue weighted by Gasteiger charge is 2.38. The Balaban J connectivity index is 1.82. The maximum Gasteiger partial charge on any atom is 0.161 e. The summed E-state index contributed by atoms with van der Waals surface area (Å²) in [7, 11) is 1.64. The Morgan fingerprint density at radius 1 is 1.22 bits per heavy atom. The smallest absolute Gasteiger partial charge is 0.161 e. The number of ether oxygens (including phenoxy) is 2. The molecule has 0 amide bonds. The van der Waals surface area contributed by atoms with Crippen LogP contribution in [0.3, 0.4) is 0 Å². The number of imidazole rings is 1. The number of nitrogens with one attached hydrogen (secondary N) is 1. The van der Waals surface area contributed by atoms with E-state index in [0.717, 1.165) is 32.8 Å². The molecule has 3 heterocycles. The van der Waals surface area contributed by atoms with E-state index in [1.54, 1.807) is 7.11 Å². The minimum absolute atomic E-state index is 0.298. The van der Waals surface area contributed by atoms with E-state index in [0.29, 0.717) is 13.2 Å². The van der Waals surface area contributed by atoms with Crippen LogP contribution in [-0.2, 0) is 9.47 Å². The van der Waals surface area contributed by atoms with Gasteiger partial charge in [-0.3, -0.25) is 4.40 Å². The van der Waals surface area contributed by atoms with Gasteiger partial charge in [-0.05, 0) is 34.5 Å². The molecule has 7 heteroatoms. The van der Waals surface area contributed by atoms with Gasteiger partial charge in [-0.25, -0.2) is 4.98 Å². The Hall–Kier alpha value is -1.93. The molecule has 0 aliphatic carbocycles. The largest absolute Gasteiger partial charge is 0.388 e. The molecule has 2 N–H and O–H groups in total. The summed E-state index contributed by atoms with van der Waals surface area (Å²) in [4.78, 5) is 4.70. The van der Waals surface area contributed by atoms with E-state index in [1.165, 1.54) is 0 Å². The van der Waals surface area contributed by atoms with E-state index in [4.69, 9.17) is 14.5 Å². The van der Waals surface area contributed by atoms with Crippen LogP contribution in [0.1, 0.15) is 29.0 Å². The van der Waals surface area contributed by atoms with Gasteiger partial charge in [0.15, 0.2) is 5.65 Å². The number of aliphatic hydroxyl groups excluding tert-OH is 1. The van der Waals surface area contributed by atoms with Crippen molar-refractivity contribution in [3.05, 3.63) is 64.0 Å². The second kappa shape index (κ2) is 7.59. The van der Waals surface area contributed by atoms with E-state index < -0.39 is 12.2 Å². The van der Waals surface area contributed by atoms with Crippen molar-refractivity contribution in [1.82, 2.24) is 9.38 Å². The van der Waals surface area contributed by atoms with Crippen molar-refractivity contribution >= 4 is 27.3 Å². The number of nitrogens with zero attached hydrogens (tertiary/aromatic N) is 2. The third-order valence-electron chi connectivity index (χ3n) is 4.93. The Kier molecular flexibility index (Phi) is 5.19. The molecule has 0 radical (unpaired) electrons. The molecule has 1 aliphatic heterocycles. The Morgan fingerprint density at radius 3 is 2.74 bits per heavy atom. The van der Waals surface area contributed by atoms with Crippen molar-refractivity contribution in [3.8, 4) is 0 Å². The molecular formula is C20H22BrN3O3. The maximum absolute atomic E-state index is 11.1. The van der Waals surface area contributed by atoms with Crippen molar-refractivity contribution < 1.29 is 14.6 Å². The number of methoxy groups -OCH3 is 1. The lowest BCUT2D eigenvalue weighted by molar-refractivity contribution is -0.0633. The molecule has 0 bridgehead atoms. The van der Waals surface area contributed by atoms with Gasteiger partial charge < -0.3 is 19.9 Å². The van der Waals surface area contributed by atoms with E-state index in [2.05, 4.69) is 21.2 Å². The maximum atomic E-state index is 11.1. The van der Waals surface area contributed by atoms with Gasteiger partial charge in [0.2, 0.25) is 0 Å². The van der Waals surface area contributed by atoms with Crippen molar-refractivity contribution in [2.24, 2.45) is 0 Å². The number of aliphatic hydroxyl groups is 1. The third-order valence-corrected chi connectivity index (χ3v) is 5.88. The zero-order chi connectivity index (χ0) is 19.0. The monoisotopic (exact) mass is 431 g/mol. The molecule has 3 aromatic rings. The van der Waals surface area contributed by atoms with Gasteiger partial charge >= 0.3 is 0 Å². The highest BCUT2D eigenvalue weighted by Crippen LogP contribution is 2.43. The van der Waals surface area contributed by atoms with Gasteiger partial charge in [-0.15, -0.1) is 0 Å². The van der Waals surface area contributed by atoms with E-state index in [-0.39, 0.29) is 6.04 Å². The molecule has 0 spiro atoms. The first-order valence-corrected chi connectivity index (χ1v) is 9.68. The minimum Gasteiger partial charge on any atom is -0.388 e. The number of halogens is 1. The average molecular weight is 432 g/mol. The summed E-state index contributed by atoms with van der Waals surface area (Å²) in [5, 5.41) is 14.6. The molecule has 4 rings (SSSR count). The van der Waals surface area contributed by atoms with E-state index in [1.807, 2.05) is 53.9 Å². The zero-order valence-electron chi connectivity index (χ0n) is 15.2. The van der Waals surface area contributed by atoms with Crippen molar-refractivity contribution in [1.29, 1.82) is 0 Å². The molecule has 0 fully saturated rings. The fourth-order valence-electron chi connectivity index (χ4n) is 3.58. The number of hydrogen-bond acceptors (Lipinski definition) is 5. The molecule has 1 aliphatic rings. The van der Waals surface area contributed by atoms with Gasteiger partial charge in [0.25, 0.3) is 0 Å². The molecule has 0 saturated carbocycles. The summed E-state index contributed by atoms with van der Waals surface area (Å²) >= 11 is 3.59. The zero-order valence-corrected chi connectivity index (χ0v) is 16.8. The number of aryl methyl sites for hydroxylation is 1. The topological polar surface area (TPSA) is 68.0 Å². The second-order valence-corrected chi connectivity index (χ2v) is 7.39. The molecule has 2 aromatic heterocycles. The van der Waals surface area contributed by atoms with Crippen LogP contribution >= 0.6 is 15.9 Å². The van der Waals surface area contributed by atoms with E-state index >= 15 is 0 Å². The van der Waals surface area contributed by atoms with Gasteiger partial charge in [0.05, 0.1) is 30.6 Å². The summed E-state index contributed by atoms with van der Waals surface area (Å²) in [6, 6.07) is 11.6. The quantitative estimate of drug-likeness (QED) is 0.603. The molecule has 3 atom stereocenters. The van der Waals surface area contributed by atoms with Crippen LogP contribution in [0.4, 0.5) is 5.69 Å². The van der Waals surface area contributed by atoms with E-state index in [9.17, 15) is 5.11 Å². The van der Waals surface area contributed by atoms with Crippen LogP contribution in [0.25, 0.3) is 5.65 Å². The van der Waals surface area contributed by atoms with Gasteiger partial charge in [0, 0.05) is 18.9 Å². The summed E-state index contributed by atoms with van der Waals surface area (Å²) in [6.45, 7) is 2.84. The number of benzene rings is 1. The number of rotatable bonds is 5. The number of pyridine rings is 1. The van der Waals surface area contributed by atoms with Gasteiger partial charge in [0.1, 0.15) is 16.8 Å². The minimum atomic E-state index is -0.737. The predicted molar refractivity (Wildman–Crippen MR) is 107 cm³/mol. The highest BCUT2D eigenvalue weighted by molar-refractivity contribution is 9.10. The summed E-state index contributed by atoms with van der Waals surface area (Å²) in [6.07, 6.45) is 0.739. The number of anilines is 1. The standard InChI is InChI=1S/C20H22BrN3O3/c1-12-19(21)24-9-8-14-16(20(24)22-12)23-15(13-6-4-3-5-7-13)17(25)18(14)27-11-10-26-2/h3-9,15,17-18,23,25H,10-11H2,1-2H3/t15-,17-,18-/m1/s1. The molecule has 1 aromatic carbocycles. The second-order valence-electron chi connectivity index (χ2n) is 6.64. The Morgan fingerprint density at radius 2 is 2.00 bits per heavy atom. The Bertz CT molecular complexity index is 945. The molecule has 0 unspecified atom stereocenters. The van der Waals surface area contributed by atoms with Crippen LogP contribution in [0, 0.1) is 6.92 Å². The molecule has 6 nitrogen and oxygen atoms in total. The van der Waals surface area contributed by atoms with Crippen LogP contribution in [0.2, 0.25) is 0 Å². The fourth-order valence-corrected chi connectivity index (χ4v) is 3.95.